The van der Waals surface area contributed by atoms with Crippen molar-refractivity contribution in [2.75, 3.05) is 0 Å². The van der Waals surface area contributed by atoms with E-state index in [1.54, 1.807) is 0 Å². The second kappa shape index (κ2) is 4.23. The van der Waals surface area contributed by atoms with Gasteiger partial charge in [-0.15, -0.1) is 0 Å². The van der Waals surface area contributed by atoms with Crippen molar-refractivity contribution in [3.8, 4) is 0 Å². The highest BCUT2D eigenvalue weighted by atomic mass is 14.9. The molecule has 4 aliphatic carbocycles. The zero-order valence-electron chi connectivity index (χ0n) is 12.8. The lowest BCUT2D eigenvalue weighted by molar-refractivity contribution is 0.0540. The molecule has 0 aromatic rings. The Hall–Kier alpha value is -0.0400. The van der Waals surface area contributed by atoms with E-state index in [0.29, 0.717) is 0 Å². The summed E-state index contributed by atoms with van der Waals surface area (Å²) in [5, 5.41) is 0. The van der Waals surface area contributed by atoms with Gasteiger partial charge in [-0.1, -0.05) is 20.3 Å². The molecule has 19 heavy (non-hydrogen) atoms. The summed E-state index contributed by atoms with van der Waals surface area (Å²) in [7, 11) is 0. The third-order valence-corrected chi connectivity index (χ3v) is 7.55. The number of hydrogen-bond acceptors (Lipinski definition) is 1. The summed E-state index contributed by atoms with van der Waals surface area (Å²) in [6.45, 7) is 4.91. The fourth-order valence-corrected chi connectivity index (χ4v) is 7.09. The first-order valence-corrected chi connectivity index (χ1v) is 8.87. The monoisotopic (exact) mass is 261 g/mol. The fraction of sp³-hybridized carbons (Fsp3) is 1.00. The van der Waals surface area contributed by atoms with E-state index in [0.717, 1.165) is 41.4 Å². The molecule has 4 rings (SSSR count). The quantitative estimate of drug-likeness (QED) is 0.751. The highest BCUT2D eigenvalue weighted by Gasteiger charge is 2.61. The molecule has 0 saturated heterocycles. The number of nitrogens with two attached hydrogens (primary N) is 1. The van der Waals surface area contributed by atoms with Gasteiger partial charge in [0.25, 0.3) is 0 Å². The van der Waals surface area contributed by atoms with Crippen LogP contribution in [0, 0.1) is 41.4 Å². The predicted molar refractivity (Wildman–Crippen MR) is 79.6 cm³/mol. The summed E-state index contributed by atoms with van der Waals surface area (Å²) < 4.78 is 0. The Morgan fingerprint density at radius 1 is 0.895 bits per heavy atom. The number of fused-ring (bicyclic) bond motifs is 5. The Labute approximate surface area is 118 Å². The molecule has 2 bridgehead atoms. The number of rotatable bonds is 1. The molecule has 0 radical (unpaired) electrons. The van der Waals surface area contributed by atoms with Crippen molar-refractivity contribution in [3.63, 3.8) is 0 Å². The van der Waals surface area contributed by atoms with Crippen LogP contribution in [0.15, 0.2) is 0 Å². The molecule has 7 unspecified atom stereocenters. The van der Waals surface area contributed by atoms with Gasteiger partial charge in [-0.3, -0.25) is 0 Å². The minimum absolute atomic E-state index is 0.235. The Kier molecular flexibility index (Phi) is 2.82. The van der Waals surface area contributed by atoms with Crippen LogP contribution in [0.2, 0.25) is 0 Å². The molecule has 1 heteroatoms. The first kappa shape index (κ1) is 12.7. The summed E-state index contributed by atoms with van der Waals surface area (Å²) in [4.78, 5) is 0. The van der Waals surface area contributed by atoms with Crippen LogP contribution in [0.3, 0.4) is 0 Å². The SMILES string of the molecule is CC1CC(C)CC(C2(N)CC3CC2C2CCCC32)C1. The van der Waals surface area contributed by atoms with Gasteiger partial charge >= 0.3 is 0 Å². The smallest absolute Gasteiger partial charge is 0.0217 e. The van der Waals surface area contributed by atoms with E-state index in [1.165, 1.54) is 51.4 Å². The molecule has 7 atom stereocenters. The zero-order chi connectivity index (χ0) is 13.2. The van der Waals surface area contributed by atoms with Gasteiger partial charge in [0.15, 0.2) is 0 Å². The molecule has 0 aromatic heterocycles. The molecule has 0 heterocycles. The maximum atomic E-state index is 7.10. The van der Waals surface area contributed by atoms with Gasteiger partial charge in [0.1, 0.15) is 0 Å². The van der Waals surface area contributed by atoms with E-state index in [9.17, 15) is 0 Å². The Bertz CT molecular complexity index is 355. The molecule has 0 aromatic carbocycles. The van der Waals surface area contributed by atoms with E-state index >= 15 is 0 Å². The largest absolute Gasteiger partial charge is 0.325 e. The average molecular weight is 261 g/mol. The summed E-state index contributed by atoms with van der Waals surface area (Å²) in [5.41, 5.74) is 7.33. The van der Waals surface area contributed by atoms with Gasteiger partial charge in [0, 0.05) is 5.54 Å². The average Bonchev–Trinajstić information content (AvgIpc) is 2.97. The third kappa shape index (κ3) is 1.76. The van der Waals surface area contributed by atoms with Crippen LogP contribution in [-0.4, -0.2) is 5.54 Å². The van der Waals surface area contributed by atoms with Crippen LogP contribution in [0.1, 0.15) is 65.2 Å². The van der Waals surface area contributed by atoms with Crippen molar-refractivity contribution in [1.82, 2.24) is 0 Å². The lowest BCUT2D eigenvalue weighted by Gasteiger charge is -2.49. The highest BCUT2D eigenvalue weighted by Crippen LogP contribution is 2.64. The van der Waals surface area contributed by atoms with Crippen LogP contribution < -0.4 is 5.73 Å². The topological polar surface area (TPSA) is 26.0 Å². The maximum Gasteiger partial charge on any atom is 0.0217 e. The highest BCUT2D eigenvalue weighted by molar-refractivity contribution is 5.15. The van der Waals surface area contributed by atoms with Gasteiger partial charge in [-0.2, -0.15) is 0 Å². The molecular weight excluding hydrogens is 230 g/mol. The number of hydrogen-bond donors (Lipinski definition) is 1. The van der Waals surface area contributed by atoms with Gasteiger partial charge < -0.3 is 5.73 Å². The van der Waals surface area contributed by atoms with E-state index in [-0.39, 0.29) is 5.54 Å². The summed E-state index contributed by atoms with van der Waals surface area (Å²) in [6, 6.07) is 0. The van der Waals surface area contributed by atoms with Crippen molar-refractivity contribution >= 4 is 0 Å². The minimum Gasteiger partial charge on any atom is -0.325 e. The van der Waals surface area contributed by atoms with Gasteiger partial charge in [0.05, 0.1) is 0 Å². The zero-order valence-corrected chi connectivity index (χ0v) is 12.8. The first-order chi connectivity index (χ1) is 9.08. The van der Waals surface area contributed by atoms with E-state index in [1.807, 2.05) is 0 Å². The molecule has 1 nitrogen and oxygen atoms in total. The third-order valence-electron chi connectivity index (χ3n) is 7.55. The maximum absolute atomic E-state index is 7.10. The van der Waals surface area contributed by atoms with Crippen molar-refractivity contribution in [2.24, 2.45) is 47.2 Å². The molecule has 0 amide bonds. The Morgan fingerprint density at radius 2 is 1.58 bits per heavy atom. The molecule has 4 fully saturated rings. The van der Waals surface area contributed by atoms with E-state index < -0.39 is 0 Å². The standard InChI is InChI=1S/C18H31N/c1-11-6-12(2)8-14(7-11)18(19)10-13-9-17(18)16-5-3-4-15(13)16/h11-17H,3-10,19H2,1-2H3. The van der Waals surface area contributed by atoms with Crippen LogP contribution in [0.5, 0.6) is 0 Å². The van der Waals surface area contributed by atoms with Gasteiger partial charge in [-0.05, 0) is 86.4 Å². The Morgan fingerprint density at radius 3 is 2.32 bits per heavy atom. The summed E-state index contributed by atoms with van der Waals surface area (Å²) >= 11 is 0. The molecular formula is C18H31N. The minimum atomic E-state index is 0.235. The lowest BCUT2D eigenvalue weighted by atomic mass is 9.60. The second-order valence-electron chi connectivity index (χ2n) is 8.79. The first-order valence-electron chi connectivity index (χ1n) is 8.87. The fourth-order valence-electron chi connectivity index (χ4n) is 7.09. The summed E-state index contributed by atoms with van der Waals surface area (Å²) in [5.74, 6) is 6.67. The second-order valence-corrected chi connectivity index (χ2v) is 8.79. The van der Waals surface area contributed by atoms with Crippen molar-refractivity contribution in [3.05, 3.63) is 0 Å². The van der Waals surface area contributed by atoms with Crippen molar-refractivity contribution < 1.29 is 0 Å². The molecule has 0 spiro atoms. The molecule has 4 saturated carbocycles. The van der Waals surface area contributed by atoms with Crippen LogP contribution in [-0.2, 0) is 0 Å². The lowest BCUT2D eigenvalue weighted by Crippen LogP contribution is -2.56. The molecule has 108 valence electrons. The van der Waals surface area contributed by atoms with E-state index in [2.05, 4.69) is 13.8 Å². The summed E-state index contributed by atoms with van der Waals surface area (Å²) in [6.07, 6.45) is 11.7. The van der Waals surface area contributed by atoms with Crippen molar-refractivity contribution in [1.29, 1.82) is 0 Å². The van der Waals surface area contributed by atoms with Gasteiger partial charge in [-0.25, -0.2) is 0 Å². The predicted octanol–water partition coefficient (Wildman–Crippen LogP) is 4.21. The van der Waals surface area contributed by atoms with Crippen LogP contribution in [0.4, 0.5) is 0 Å². The van der Waals surface area contributed by atoms with Gasteiger partial charge in [0.2, 0.25) is 0 Å². The molecule has 2 N–H and O–H groups in total. The van der Waals surface area contributed by atoms with Crippen molar-refractivity contribution in [2.45, 2.75) is 70.8 Å². The molecule has 0 aliphatic heterocycles. The van der Waals surface area contributed by atoms with Crippen LogP contribution in [0.25, 0.3) is 0 Å². The van der Waals surface area contributed by atoms with E-state index in [4.69, 9.17) is 5.73 Å². The van der Waals surface area contributed by atoms with Crippen LogP contribution >= 0.6 is 0 Å². The molecule has 4 aliphatic rings. The normalized spacial score (nSPS) is 60.5. The Balaban J connectivity index is 1.57.